The van der Waals surface area contributed by atoms with Crippen LogP contribution in [0, 0.1) is 35.0 Å². The fraction of sp³-hybridized carbons (Fsp3) is 0.606. The van der Waals surface area contributed by atoms with Crippen LogP contribution in [0.15, 0.2) is 64.7 Å². The lowest BCUT2D eigenvalue weighted by Crippen LogP contribution is -2.61. The van der Waals surface area contributed by atoms with Crippen molar-refractivity contribution in [3.8, 4) is 0 Å². The minimum atomic E-state index is -1.37. The zero-order valence-electron chi connectivity index (χ0n) is 62.0. The van der Waals surface area contributed by atoms with Crippen LogP contribution in [-0.4, -0.2) is 168 Å². The molecule has 2 aromatic carbocycles. The molecule has 103 heavy (non-hydrogen) atoms. The molecule has 1 heterocycles. The van der Waals surface area contributed by atoms with Crippen LogP contribution in [0.3, 0.4) is 0 Å². The van der Waals surface area contributed by atoms with E-state index in [1.54, 1.807) is 26.0 Å². The largest absolute Gasteiger partial charge is 0.384 e. The number of nitrogens with one attached hydrogen (secondary N) is 13. The first-order chi connectivity index (χ1) is 48.5. The highest BCUT2D eigenvalue weighted by molar-refractivity contribution is 6.00. The van der Waals surface area contributed by atoms with Crippen molar-refractivity contribution in [2.45, 2.75) is 221 Å². The number of fused-ring (bicyclic) bond motifs is 1. The van der Waals surface area contributed by atoms with Crippen molar-refractivity contribution in [3.63, 3.8) is 0 Å². The van der Waals surface area contributed by atoms with E-state index in [1.807, 2.05) is 85.9 Å². The SMILES string of the molecule is CC(=O)N[C@H](CC(C)C)C(=O)N[C@@H](CC(C)C)C(=O)N[C@@H](CC(C)C)C(=O)N[C@@H](CC(C)C)C(=O)N[C@@H](CCCN=C(N)N)C(=O)N[C@H](C(=O)N[C@@H](CCCCN)C(=O)N[C@@H](CCCN=C(N)N)C(=O)N[C@@H](C)C(=O)N[C@H](C(=O)NCCc1c[nH]c2ccccc12)c1ccc(C(=N)N)cc1)C(C)C. The molecule has 3 rings (SSSR count). The van der Waals surface area contributed by atoms with Gasteiger partial charge in [0.1, 0.15) is 66.3 Å². The van der Waals surface area contributed by atoms with Gasteiger partial charge in [0, 0.05) is 49.2 Å². The van der Waals surface area contributed by atoms with Gasteiger partial charge in [-0.15, -0.1) is 0 Å². The van der Waals surface area contributed by atoms with Gasteiger partial charge in [-0.05, 0) is 137 Å². The summed E-state index contributed by atoms with van der Waals surface area (Å²) in [5, 5.41) is 39.2. The molecule has 0 fully saturated rings. The monoisotopic (exact) mass is 1440 g/mol. The van der Waals surface area contributed by atoms with E-state index in [4.69, 9.17) is 39.8 Å². The van der Waals surface area contributed by atoms with Gasteiger partial charge in [-0.3, -0.25) is 68.1 Å². The summed E-state index contributed by atoms with van der Waals surface area (Å²) in [7, 11) is 0. The Kier molecular flexibility index (Phi) is 37.7. The fourth-order valence-electron chi connectivity index (χ4n) is 11.3. The normalized spacial score (nSPS) is 14.2. The number of rotatable bonds is 46. The summed E-state index contributed by atoms with van der Waals surface area (Å²) in [6.07, 6.45) is 3.90. The molecule has 10 atom stereocenters. The number of hydrogen-bond acceptors (Lipinski definition) is 15. The fourth-order valence-corrected chi connectivity index (χ4v) is 11.3. The Morgan fingerprint density at radius 3 is 1.29 bits per heavy atom. The van der Waals surface area contributed by atoms with Gasteiger partial charge in [-0.2, -0.15) is 0 Å². The molecule has 0 aliphatic heterocycles. The molecule has 0 unspecified atom stereocenters. The van der Waals surface area contributed by atoms with E-state index < -0.39 is 131 Å². The number of aliphatic imine (C=N–C) groups is 2. The molecule has 32 heteroatoms. The third-order valence-corrected chi connectivity index (χ3v) is 16.6. The van der Waals surface area contributed by atoms with Gasteiger partial charge in [0.25, 0.3) is 0 Å². The lowest BCUT2D eigenvalue weighted by atomic mass is 9.97. The van der Waals surface area contributed by atoms with E-state index in [1.165, 1.54) is 26.0 Å². The molecule has 0 aliphatic rings. The second-order valence-corrected chi connectivity index (χ2v) is 28.2. The summed E-state index contributed by atoms with van der Waals surface area (Å²) in [4.78, 5) is 167. The second kappa shape index (κ2) is 44.5. The molecule has 0 aliphatic carbocycles. The van der Waals surface area contributed by atoms with Gasteiger partial charge in [0.15, 0.2) is 11.9 Å². The average Bonchev–Trinajstić information content (AvgIpc) is 1.43. The van der Waals surface area contributed by atoms with E-state index in [-0.39, 0.29) is 119 Å². The van der Waals surface area contributed by atoms with E-state index in [9.17, 15) is 52.7 Å². The second-order valence-electron chi connectivity index (χ2n) is 28.2. The molecule has 0 radical (unpaired) electrons. The van der Waals surface area contributed by atoms with Crippen molar-refractivity contribution in [1.29, 1.82) is 5.41 Å². The number of hydrogen-bond donors (Lipinski definition) is 19. The predicted molar refractivity (Wildman–Crippen MR) is 397 cm³/mol. The molecule has 1 aromatic heterocycles. The van der Waals surface area contributed by atoms with Gasteiger partial charge < -0.3 is 97.9 Å². The Balaban J connectivity index is 1.92. The van der Waals surface area contributed by atoms with Gasteiger partial charge >= 0.3 is 0 Å². The molecule has 32 nitrogen and oxygen atoms in total. The van der Waals surface area contributed by atoms with Crippen LogP contribution in [0.1, 0.15) is 176 Å². The Morgan fingerprint density at radius 1 is 0.456 bits per heavy atom. The summed E-state index contributed by atoms with van der Waals surface area (Å²) < 4.78 is 0. The first-order valence-electron chi connectivity index (χ1n) is 35.6. The Hall–Kier alpha value is -9.88. The van der Waals surface area contributed by atoms with Gasteiger partial charge in [-0.25, -0.2) is 0 Å². The van der Waals surface area contributed by atoms with Crippen molar-refractivity contribution < 1.29 is 52.7 Å². The average molecular weight is 1440 g/mol. The number of H-pyrrole nitrogens is 1. The molecule has 0 bridgehead atoms. The van der Waals surface area contributed by atoms with E-state index >= 15 is 0 Å². The highest BCUT2D eigenvalue weighted by Gasteiger charge is 2.37. The Bertz CT molecular complexity index is 3360. The zero-order valence-corrected chi connectivity index (χ0v) is 62.0. The van der Waals surface area contributed by atoms with Crippen molar-refractivity contribution in [2.24, 2.45) is 74.0 Å². The summed E-state index contributed by atoms with van der Waals surface area (Å²) in [5.41, 5.74) is 36.7. The molecule has 0 saturated carbocycles. The number of aromatic nitrogens is 1. The summed E-state index contributed by atoms with van der Waals surface area (Å²) in [6, 6.07) is 1.34. The van der Waals surface area contributed by atoms with Crippen LogP contribution in [0.25, 0.3) is 10.9 Å². The number of amides is 11. The number of carbonyl (C=O) groups is 11. The summed E-state index contributed by atoms with van der Waals surface area (Å²) in [5.74, 6) is -9.47. The topological polar surface area (TPSA) is 541 Å². The third-order valence-electron chi connectivity index (χ3n) is 16.6. The number of aromatic amines is 1. The Morgan fingerprint density at radius 2 is 0.864 bits per heavy atom. The zero-order chi connectivity index (χ0) is 77.2. The van der Waals surface area contributed by atoms with E-state index in [0.717, 1.165) is 16.5 Å². The molecule has 0 spiro atoms. The minimum absolute atomic E-state index is 0.00926. The number of nitrogens with zero attached hydrogens (tertiary/aromatic N) is 2. The highest BCUT2D eigenvalue weighted by atomic mass is 16.2. The molecular weight excluding hydrogens is 1320 g/mol. The summed E-state index contributed by atoms with van der Waals surface area (Å²) >= 11 is 0. The van der Waals surface area contributed by atoms with E-state index in [2.05, 4.69) is 73.5 Å². The number of nitrogens with two attached hydrogens (primary N) is 6. The van der Waals surface area contributed by atoms with Crippen molar-refractivity contribution >= 4 is 93.6 Å². The molecule has 11 amide bonds. The maximum Gasteiger partial charge on any atom is 0.247 e. The standard InChI is InChI=1S/C71H117N21O11/c1-38(2)33-53(84-44(12)93)64(98)88-55(35-40(5)6)66(100)90-56(36-41(7)8)67(101)89-54(34-39(3)4)65(99)86-52(23-18-31-81-71(77)78)63(97)91-57(42(9)10)69(103)87-50(21-15-16-29-72)62(96)85-51(22-17-30-80-70(75)76)61(95)83-43(11)60(94)92-58(45-24-26-46(27-25-45)59(73)74)68(102)79-32-28-47-37-82-49-20-14-13-19-48(47)49/h13-14,19-20,24-27,37-43,50-58,82H,15-18,21-23,28-36,72H2,1-12H3,(H3,73,74)(H,79,102)(H,83,95)(H,84,93)(H,85,96)(H,86,99)(H,87,103)(H,88,98)(H,89,101)(H,90,100)(H,91,97)(H,92,94)(H4,75,76,80)(H4,77,78,81)/t43-,50-,51-,52-,53+,54-,55-,56-,57-,58-/m0/s1. The van der Waals surface area contributed by atoms with Gasteiger partial charge in [0.05, 0.1) is 0 Å². The molecule has 0 saturated heterocycles. The number of unbranched alkanes of at least 4 members (excludes halogenated alkanes) is 1. The number of benzene rings is 2. The first-order valence-corrected chi connectivity index (χ1v) is 35.6. The lowest BCUT2D eigenvalue weighted by molar-refractivity contribution is -0.137. The molecule has 572 valence electrons. The molecule has 3 aromatic rings. The van der Waals surface area contributed by atoms with Gasteiger partial charge in [0.2, 0.25) is 65.0 Å². The van der Waals surface area contributed by atoms with Crippen molar-refractivity contribution in [1.82, 2.24) is 63.5 Å². The van der Waals surface area contributed by atoms with Crippen LogP contribution in [0.2, 0.25) is 0 Å². The number of guanidine groups is 2. The lowest BCUT2D eigenvalue weighted by Gasteiger charge is -2.30. The van der Waals surface area contributed by atoms with Crippen molar-refractivity contribution in [2.75, 3.05) is 26.2 Å². The quantitative estimate of drug-likeness (QED) is 0.0207. The predicted octanol–water partition coefficient (Wildman–Crippen LogP) is 0.448. The van der Waals surface area contributed by atoms with Crippen LogP contribution in [0.4, 0.5) is 0 Å². The highest BCUT2D eigenvalue weighted by Crippen LogP contribution is 2.21. The Labute approximate surface area is 605 Å². The van der Waals surface area contributed by atoms with Crippen LogP contribution < -0.4 is 92.9 Å². The van der Waals surface area contributed by atoms with E-state index in [0.29, 0.717) is 36.8 Å². The van der Waals surface area contributed by atoms with Crippen LogP contribution in [0.5, 0.6) is 0 Å². The maximum absolute atomic E-state index is 14.7. The first kappa shape index (κ1) is 87.3. The van der Waals surface area contributed by atoms with Crippen LogP contribution in [-0.2, 0) is 59.2 Å². The number of para-hydroxylation sites is 1. The third kappa shape index (κ3) is 31.9. The number of nitrogen functional groups attached to an aromatic ring is 1. The summed E-state index contributed by atoms with van der Waals surface area (Å²) in [6.45, 7) is 21.3. The van der Waals surface area contributed by atoms with Gasteiger partial charge in [-0.1, -0.05) is 112 Å². The number of amidine groups is 1. The van der Waals surface area contributed by atoms with Crippen LogP contribution >= 0.6 is 0 Å². The molecular formula is C71H117N21O11. The smallest absolute Gasteiger partial charge is 0.247 e. The molecule has 25 N–H and O–H groups in total. The minimum Gasteiger partial charge on any atom is -0.384 e. The maximum atomic E-state index is 14.7. The van der Waals surface area contributed by atoms with Crippen molar-refractivity contribution in [3.05, 3.63) is 71.4 Å². The number of carbonyl (C=O) groups excluding carboxylic acids is 11.